The van der Waals surface area contributed by atoms with Gasteiger partial charge in [-0.3, -0.25) is 9.05 Å². The quantitative estimate of drug-likeness (QED) is 0.0910. The first-order chi connectivity index (χ1) is 16.8. The number of phosphoric acid groups is 1. The summed E-state index contributed by atoms with van der Waals surface area (Å²) in [5, 5.41) is 0. The molecule has 0 bridgehead atoms. The fourth-order valence-electron chi connectivity index (χ4n) is 4.45. The van der Waals surface area contributed by atoms with Crippen molar-refractivity contribution in [3.05, 3.63) is 0 Å². The number of ketones is 1. The highest BCUT2D eigenvalue weighted by molar-refractivity contribution is 7.47. The number of unbranched alkanes of at least 4 members (excludes halogenated alkanes) is 15. The van der Waals surface area contributed by atoms with E-state index in [2.05, 4.69) is 21.0 Å². The van der Waals surface area contributed by atoms with Gasteiger partial charge in [0.15, 0.2) is 0 Å². The first-order valence-electron chi connectivity index (χ1n) is 14.7. The Morgan fingerprint density at radius 3 is 1.71 bits per heavy atom. The number of Topliss-reactive ketones (excluding diaryl/α,β-unsaturated/α-hetero) is 1. The Bertz CT molecular complexity index is 529. The van der Waals surface area contributed by atoms with Crippen LogP contribution in [0.1, 0.15) is 136 Å². The van der Waals surface area contributed by atoms with E-state index in [1.165, 1.54) is 88.4 Å². The van der Waals surface area contributed by atoms with Crippen LogP contribution in [0, 0.1) is 5.92 Å². The summed E-state index contributed by atoms with van der Waals surface area (Å²) in [4.78, 5) is 22.9. The monoisotopic (exact) mass is 520 g/mol. The smallest absolute Gasteiger partial charge is 0.340 e. The van der Waals surface area contributed by atoms with Gasteiger partial charge in [0.05, 0.1) is 33.9 Å². The first-order valence-corrected chi connectivity index (χ1v) is 16.2. The van der Waals surface area contributed by atoms with E-state index in [4.69, 9.17) is 9.05 Å². The minimum absolute atomic E-state index is 0.0177. The molecule has 35 heavy (non-hydrogen) atoms. The molecule has 0 radical (unpaired) electrons. The number of rotatable bonds is 27. The SMILES string of the molecule is CCCCCCCCCCCCCCCCCC(COP(=O)(O)OCCCC[NH+](C)C)CC(C)=O. The van der Waals surface area contributed by atoms with Crippen LogP contribution in [0.25, 0.3) is 0 Å². The molecule has 210 valence electrons. The number of quaternary nitrogens is 1. The minimum atomic E-state index is -4.05. The van der Waals surface area contributed by atoms with Gasteiger partial charge in [-0.05, 0) is 32.1 Å². The summed E-state index contributed by atoms with van der Waals surface area (Å²) in [6.45, 7) is 5.16. The third kappa shape index (κ3) is 26.6. The third-order valence-corrected chi connectivity index (χ3v) is 7.58. The van der Waals surface area contributed by atoms with Crippen LogP contribution in [0.3, 0.4) is 0 Å². The van der Waals surface area contributed by atoms with Crippen LogP contribution < -0.4 is 4.90 Å². The van der Waals surface area contributed by atoms with Gasteiger partial charge in [0, 0.05) is 6.42 Å². The van der Waals surface area contributed by atoms with Crippen molar-refractivity contribution in [2.45, 2.75) is 136 Å². The van der Waals surface area contributed by atoms with Gasteiger partial charge in [-0.25, -0.2) is 4.57 Å². The lowest BCUT2D eigenvalue weighted by Crippen LogP contribution is -3.05. The van der Waals surface area contributed by atoms with Crippen molar-refractivity contribution in [3.8, 4) is 0 Å². The van der Waals surface area contributed by atoms with E-state index in [1.54, 1.807) is 6.92 Å². The molecule has 0 fully saturated rings. The Morgan fingerprint density at radius 2 is 1.26 bits per heavy atom. The van der Waals surface area contributed by atoms with Gasteiger partial charge in [0.1, 0.15) is 5.78 Å². The van der Waals surface area contributed by atoms with E-state index in [9.17, 15) is 14.3 Å². The van der Waals surface area contributed by atoms with Crippen molar-refractivity contribution < 1.29 is 28.2 Å². The molecule has 0 saturated heterocycles. The fraction of sp³-hybridized carbons (Fsp3) is 0.964. The van der Waals surface area contributed by atoms with Gasteiger partial charge in [0.2, 0.25) is 0 Å². The number of nitrogens with one attached hydrogen (secondary N) is 1. The molecule has 0 aromatic heterocycles. The highest BCUT2D eigenvalue weighted by Crippen LogP contribution is 2.44. The minimum Gasteiger partial charge on any atom is -0.340 e. The summed E-state index contributed by atoms with van der Waals surface area (Å²) >= 11 is 0. The number of hydrogen-bond acceptors (Lipinski definition) is 4. The number of phosphoric ester groups is 1. The van der Waals surface area contributed by atoms with Gasteiger partial charge >= 0.3 is 7.82 Å². The maximum absolute atomic E-state index is 12.1. The summed E-state index contributed by atoms with van der Waals surface area (Å²) in [5.74, 6) is 0.0790. The van der Waals surface area contributed by atoms with E-state index in [0.717, 1.165) is 38.6 Å². The van der Waals surface area contributed by atoms with E-state index >= 15 is 0 Å². The van der Waals surface area contributed by atoms with Gasteiger partial charge in [-0.1, -0.05) is 103 Å². The third-order valence-electron chi connectivity index (χ3n) is 6.59. The van der Waals surface area contributed by atoms with Gasteiger partial charge in [-0.15, -0.1) is 0 Å². The molecule has 0 heterocycles. The topological polar surface area (TPSA) is 77.3 Å². The molecule has 0 aliphatic heterocycles. The predicted octanol–water partition coefficient (Wildman–Crippen LogP) is 6.90. The molecule has 2 unspecified atom stereocenters. The summed E-state index contributed by atoms with van der Waals surface area (Å²) in [6, 6.07) is 0. The molecule has 0 saturated carbocycles. The Hall–Kier alpha value is -0.260. The summed E-state index contributed by atoms with van der Waals surface area (Å²) < 4.78 is 22.5. The number of hydrogen-bond donors (Lipinski definition) is 2. The Labute approximate surface area is 217 Å². The van der Waals surface area contributed by atoms with Crippen molar-refractivity contribution in [3.63, 3.8) is 0 Å². The lowest BCUT2D eigenvalue weighted by atomic mass is 9.96. The molecular weight excluding hydrogens is 461 g/mol. The predicted molar refractivity (Wildman–Crippen MR) is 147 cm³/mol. The molecule has 0 amide bonds. The van der Waals surface area contributed by atoms with Gasteiger partial charge < -0.3 is 14.6 Å². The van der Waals surface area contributed by atoms with Crippen LogP contribution in [-0.4, -0.2) is 44.5 Å². The van der Waals surface area contributed by atoms with Crippen molar-refractivity contribution in [2.24, 2.45) is 5.92 Å². The Morgan fingerprint density at radius 1 is 0.771 bits per heavy atom. The standard InChI is InChI=1S/C28H58NO5P/c1-5-6-7-8-9-10-11-12-13-14-15-16-17-18-19-22-28(25-27(2)30)26-34-35(31,32)33-24-21-20-23-29(3)4/h28H,5-26H2,1-4H3,(H,31,32)/p+1. The van der Waals surface area contributed by atoms with Crippen LogP contribution in [-0.2, 0) is 18.4 Å². The largest absolute Gasteiger partial charge is 0.472 e. The highest BCUT2D eigenvalue weighted by atomic mass is 31.2. The maximum atomic E-state index is 12.1. The molecule has 0 aliphatic rings. The zero-order valence-electron chi connectivity index (χ0n) is 23.7. The van der Waals surface area contributed by atoms with Crippen molar-refractivity contribution in [2.75, 3.05) is 33.9 Å². The average Bonchev–Trinajstić information content (AvgIpc) is 2.79. The second-order valence-corrected chi connectivity index (χ2v) is 12.2. The van der Waals surface area contributed by atoms with E-state index in [0.29, 0.717) is 6.42 Å². The maximum Gasteiger partial charge on any atom is 0.472 e. The van der Waals surface area contributed by atoms with Crippen LogP contribution in [0.15, 0.2) is 0 Å². The van der Waals surface area contributed by atoms with Gasteiger partial charge in [-0.2, -0.15) is 0 Å². The highest BCUT2D eigenvalue weighted by Gasteiger charge is 2.23. The average molecular weight is 521 g/mol. The van der Waals surface area contributed by atoms with Gasteiger partial charge in [0.25, 0.3) is 0 Å². The fourth-order valence-corrected chi connectivity index (χ4v) is 5.29. The Kier molecular flexibility index (Phi) is 23.9. The lowest BCUT2D eigenvalue weighted by molar-refractivity contribution is -0.858. The van der Waals surface area contributed by atoms with E-state index < -0.39 is 7.82 Å². The molecule has 0 aromatic rings. The summed E-state index contributed by atoms with van der Waals surface area (Å²) in [5.41, 5.74) is 0. The van der Waals surface area contributed by atoms with Crippen LogP contribution in [0.5, 0.6) is 0 Å². The normalized spacial score (nSPS) is 14.3. The molecular formula is C28H59NO5P+. The number of carbonyl (C=O) groups is 1. The Balaban J connectivity index is 3.78. The molecule has 6 nitrogen and oxygen atoms in total. The summed E-state index contributed by atoms with van der Waals surface area (Å²) in [7, 11) is 0.110. The molecule has 2 atom stereocenters. The van der Waals surface area contributed by atoms with Crippen LogP contribution in [0.2, 0.25) is 0 Å². The van der Waals surface area contributed by atoms with Crippen LogP contribution in [0.4, 0.5) is 0 Å². The molecule has 0 aliphatic carbocycles. The zero-order valence-corrected chi connectivity index (χ0v) is 24.6. The van der Waals surface area contributed by atoms with Crippen molar-refractivity contribution in [1.29, 1.82) is 0 Å². The van der Waals surface area contributed by atoms with Crippen molar-refractivity contribution in [1.82, 2.24) is 0 Å². The zero-order chi connectivity index (χ0) is 26.2. The second kappa shape index (κ2) is 24.1. The second-order valence-electron chi connectivity index (χ2n) is 10.8. The van der Waals surface area contributed by atoms with E-state index in [1.807, 2.05) is 0 Å². The summed E-state index contributed by atoms with van der Waals surface area (Å²) in [6.07, 6.45) is 22.8. The first kappa shape index (κ1) is 34.7. The molecule has 0 spiro atoms. The molecule has 7 heteroatoms. The van der Waals surface area contributed by atoms with E-state index in [-0.39, 0.29) is 24.9 Å². The molecule has 0 rings (SSSR count). The van der Waals surface area contributed by atoms with Crippen LogP contribution >= 0.6 is 7.82 Å². The lowest BCUT2D eigenvalue weighted by Gasteiger charge is -2.18. The molecule has 0 aromatic carbocycles. The van der Waals surface area contributed by atoms with Crippen molar-refractivity contribution >= 4 is 13.6 Å². The number of carbonyl (C=O) groups excluding carboxylic acids is 1. The molecule has 2 N–H and O–H groups in total.